The normalized spacial score (nSPS) is 24.6. The molecule has 94 valence electrons. The van der Waals surface area contributed by atoms with E-state index in [1.807, 2.05) is 11.4 Å². The Morgan fingerprint density at radius 2 is 2.29 bits per heavy atom. The highest BCUT2D eigenvalue weighted by Crippen LogP contribution is 2.24. The van der Waals surface area contributed by atoms with E-state index < -0.39 is 0 Å². The van der Waals surface area contributed by atoms with Crippen LogP contribution in [-0.2, 0) is 0 Å². The van der Waals surface area contributed by atoms with E-state index in [1.165, 1.54) is 12.8 Å². The van der Waals surface area contributed by atoms with E-state index in [1.54, 1.807) is 11.3 Å². The first-order chi connectivity index (χ1) is 8.20. The van der Waals surface area contributed by atoms with Gasteiger partial charge < -0.3 is 11.1 Å². The van der Waals surface area contributed by atoms with Gasteiger partial charge in [-0.3, -0.25) is 4.79 Å². The molecule has 0 radical (unpaired) electrons. The molecule has 3 nitrogen and oxygen atoms in total. The van der Waals surface area contributed by atoms with Crippen molar-refractivity contribution in [3.63, 3.8) is 0 Å². The highest BCUT2D eigenvalue weighted by molar-refractivity contribution is 14.1. The van der Waals surface area contributed by atoms with Crippen molar-refractivity contribution in [3.05, 3.63) is 19.9 Å². The zero-order chi connectivity index (χ0) is 12.3. The fraction of sp³-hybridized carbons (Fsp3) is 0.583. The molecule has 2 unspecified atom stereocenters. The molecule has 1 saturated carbocycles. The van der Waals surface area contributed by atoms with Crippen LogP contribution in [0.3, 0.4) is 0 Å². The second kappa shape index (κ2) is 6.15. The Balaban J connectivity index is 1.97. The number of thiophene rings is 1. The summed E-state index contributed by atoms with van der Waals surface area (Å²) in [5.74, 6) is 0.500. The van der Waals surface area contributed by atoms with Crippen LogP contribution >= 0.6 is 33.9 Å². The molecule has 5 heteroatoms. The maximum Gasteiger partial charge on any atom is 0.252 e. The summed E-state index contributed by atoms with van der Waals surface area (Å²) in [6.07, 6.45) is 4.64. The number of hydrogen-bond donors (Lipinski definition) is 2. The number of nitrogens with one attached hydrogen (secondary N) is 1. The number of carbonyl (C=O) groups excluding carboxylic acids is 1. The highest BCUT2D eigenvalue weighted by Gasteiger charge is 2.25. The van der Waals surface area contributed by atoms with Crippen molar-refractivity contribution in [3.8, 4) is 0 Å². The van der Waals surface area contributed by atoms with Crippen LogP contribution in [0.1, 0.15) is 36.0 Å². The fourth-order valence-corrected chi connectivity index (χ4v) is 3.69. The Kier molecular flexibility index (Phi) is 4.81. The maximum atomic E-state index is 12.0. The van der Waals surface area contributed by atoms with Crippen LogP contribution in [-0.4, -0.2) is 18.5 Å². The smallest absolute Gasteiger partial charge is 0.252 e. The Labute approximate surface area is 119 Å². The number of nitrogens with two attached hydrogens (primary N) is 1. The van der Waals surface area contributed by atoms with Crippen LogP contribution in [0.25, 0.3) is 0 Å². The molecule has 0 aromatic carbocycles. The highest BCUT2D eigenvalue weighted by atomic mass is 127. The van der Waals surface area contributed by atoms with Crippen LogP contribution in [0, 0.1) is 8.80 Å². The third-order valence-corrected chi connectivity index (χ3v) is 5.15. The van der Waals surface area contributed by atoms with Crippen molar-refractivity contribution in [2.45, 2.75) is 31.7 Å². The summed E-state index contributed by atoms with van der Waals surface area (Å²) in [5, 5.41) is 5.05. The van der Waals surface area contributed by atoms with Crippen LogP contribution in [0.2, 0.25) is 0 Å². The van der Waals surface area contributed by atoms with E-state index in [-0.39, 0.29) is 11.9 Å². The third kappa shape index (κ3) is 3.42. The maximum absolute atomic E-state index is 12.0. The van der Waals surface area contributed by atoms with Crippen molar-refractivity contribution in [1.82, 2.24) is 5.32 Å². The van der Waals surface area contributed by atoms with Gasteiger partial charge in [0.2, 0.25) is 0 Å². The van der Waals surface area contributed by atoms with E-state index in [4.69, 9.17) is 5.73 Å². The lowest BCUT2D eigenvalue weighted by Crippen LogP contribution is -2.44. The van der Waals surface area contributed by atoms with Gasteiger partial charge in [-0.05, 0) is 54.0 Å². The summed E-state index contributed by atoms with van der Waals surface area (Å²) in [4.78, 5) is 12.0. The topological polar surface area (TPSA) is 55.1 Å². The number of carbonyl (C=O) groups is 1. The van der Waals surface area contributed by atoms with Gasteiger partial charge in [0.05, 0.1) is 8.45 Å². The second-order valence-electron chi connectivity index (χ2n) is 4.50. The van der Waals surface area contributed by atoms with Crippen LogP contribution in [0.15, 0.2) is 11.4 Å². The monoisotopic (exact) mass is 364 g/mol. The van der Waals surface area contributed by atoms with E-state index in [2.05, 4.69) is 27.9 Å². The van der Waals surface area contributed by atoms with E-state index in [0.29, 0.717) is 12.5 Å². The minimum atomic E-state index is 0.0505. The van der Waals surface area contributed by atoms with Gasteiger partial charge in [-0.1, -0.05) is 12.8 Å². The predicted octanol–water partition coefficient (Wildman–Crippen LogP) is 2.60. The Hall–Kier alpha value is -0.140. The van der Waals surface area contributed by atoms with Crippen molar-refractivity contribution < 1.29 is 4.79 Å². The average Bonchev–Trinajstić information content (AvgIpc) is 2.77. The zero-order valence-corrected chi connectivity index (χ0v) is 12.6. The summed E-state index contributed by atoms with van der Waals surface area (Å²) in [6.45, 7) is 0.673. The number of rotatable bonds is 3. The molecule has 2 atom stereocenters. The van der Waals surface area contributed by atoms with E-state index in [9.17, 15) is 4.79 Å². The first kappa shape index (κ1) is 13.3. The molecular formula is C12H17IN2OS. The lowest BCUT2D eigenvalue weighted by Gasteiger charge is -2.31. The molecule has 1 aliphatic rings. The van der Waals surface area contributed by atoms with E-state index >= 15 is 0 Å². The molecular weight excluding hydrogens is 347 g/mol. The lowest BCUT2D eigenvalue weighted by atomic mass is 9.84. The van der Waals surface area contributed by atoms with Crippen molar-refractivity contribution in [2.75, 3.05) is 6.54 Å². The van der Waals surface area contributed by atoms with Gasteiger partial charge in [0.15, 0.2) is 0 Å². The van der Waals surface area contributed by atoms with Gasteiger partial charge >= 0.3 is 0 Å². The van der Waals surface area contributed by atoms with Gasteiger partial charge in [0, 0.05) is 11.4 Å². The molecule has 1 heterocycles. The van der Waals surface area contributed by atoms with Crippen molar-refractivity contribution in [1.29, 1.82) is 0 Å². The molecule has 17 heavy (non-hydrogen) atoms. The Morgan fingerprint density at radius 3 is 2.94 bits per heavy atom. The molecule has 1 aromatic rings. The van der Waals surface area contributed by atoms with Gasteiger partial charge in [-0.2, -0.15) is 0 Å². The molecule has 2 rings (SSSR count). The second-order valence-corrected chi connectivity index (χ2v) is 7.31. The summed E-state index contributed by atoms with van der Waals surface area (Å²) in [6, 6.07) is 2.19. The molecule has 0 spiro atoms. The molecule has 0 saturated heterocycles. The molecule has 3 N–H and O–H groups in total. The quantitative estimate of drug-likeness (QED) is 0.811. The van der Waals surface area contributed by atoms with Gasteiger partial charge in [-0.15, -0.1) is 11.3 Å². The number of amides is 1. The predicted molar refractivity (Wildman–Crippen MR) is 79.3 cm³/mol. The zero-order valence-electron chi connectivity index (χ0n) is 9.62. The summed E-state index contributed by atoms with van der Waals surface area (Å²) >= 11 is 3.84. The van der Waals surface area contributed by atoms with E-state index in [0.717, 1.165) is 21.3 Å². The standard InChI is InChI=1S/C12H17IN2OS/c13-11-5-9(7-17-11)12(16)15-10-4-2-1-3-8(10)6-14/h5,7-8,10H,1-4,6,14H2,(H,15,16). The molecule has 1 aromatic heterocycles. The van der Waals surface area contributed by atoms with Crippen molar-refractivity contribution in [2.24, 2.45) is 11.7 Å². The van der Waals surface area contributed by atoms with Gasteiger partial charge in [-0.25, -0.2) is 0 Å². The summed E-state index contributed by atoms with van der Waals surface area (Å²) < 4.78 is 1.15. The fourth-order valence-electron chi connectivity index (χ4n) is 2.36. The van der Waals surface area contributed by atoms with Crippen molar-refractivity contribution >= 4 is 39.8 Å². The van der Waals surface area contributed by atoms with Crippen LogP contribution < -0.4 is 11.1 Å². The van der Waals surface area contributed by atoms with Crippen LogP contribution in [0.5, 0.6) is 0 Å². The lowest BCUT2D eigenvalue weighted by molar-refractivity contribution is 0.0908. The number of halogens is 1. The average molecular weight is 364 g/mol. The molecule has 1 fully saturated rings. The van der Waals surface area contributed by atoms with Gasteiger partial charge in [0.1, 0.15) is 0 Å². The first-order valence-electron chi connectivity index (χ1n) is 5.95. The molecule has 1 amide bonds. The molecule has 0 aliphatic heterocycles. The third-order valence-electron chi connectivity index (χ3n) is 3.36. The Bertz CT molecular complexity index is 394. The SMILES string of the molecule is NCC1CCCCC1NC(=O)c1csc(I)c1. The molecule has 1 aliphatic carbocycles. The Morgan fingerprint density at radius 1 is 1.53 bits per heavy atom. The first-order valence-corrected chi connectivity index (χ1v) is 7.91. The minimum Gasteiger partial charge on any atom is -0.349 e. The van der Waals surface area contributed by atoms with Crippen LogP contribution in [0.4, 0.5) is 0 Å². The number of hydrogen-bond acceptors (Lipinski definition) is 3. The molecule has 0 bridgehead atoms. The van der Waals surface area contributed by atoms with Gasteiger partial charge in [0.25, 0.3) is 5.91 Å². The largest absolute Gasteiger partial charge is 0.349 e. The summed E-state index contributed by atoms with van der Waals surface area (Å²) in [7, 11) is 0. The minimum absolute atomic E-state index is 0.0505. The summed E-state index contributed by atoms with van der Waals surface area (Å²) in [5.41, 5.74) is 6.54.